The van der Waals surface area contributed by atoms with Crippen LogP contribution < -0.4 is 4.46 Å². The molecule has 1 aliphatic heterocycles. The van der Waals surface area contributed by atoms with Crippen LogP contribution in [0.15, 0.2) is 30.3 Å². The molecule has 1 aromatic carbocycles. The molecular formula is C13H16O3Se. The number of benzene rings is 1. The summed E-state index contributed by atoms with van der Waals surface area (Å²) in [5.41, 5.74) is 0. The molecule has 4 heteroatoms. The topological polar surface area (TPSA) is 35.5 Å². The normalized spacial score (nSPS) is 23.6. The van der Waals surface area contributed by atoms with E-state index < -0.39 is 0 Å². The molecule has 1 aliphatic rings. The summed E-state index contributed by atoms with van der Waals surface area (Å²) >= 11 is 0.377. The first-order chi connectivity index (χ1) is 8.29. The Morgan fingerprint density at radius 3 is 2.94 bits per heavy atom. The predicted molar refractivity (Wildman–Crippen MR) is 66.6 cm³/mol. The van der Waals surface area contributed by atoms with Gasteiger partial charge in [-0.3, -0.25) is 0 Å². The predicted octanol–water partition coefficient (Wildman–Crippen LogP) is 1.16. The van der Waals surface area contributed by atoms with Crippen molar-refractivity contribution in [1.82, 2.24) is 0 Å². The molecule has 1 fully saturated rings. The van der Waals surface area contributed by atoms with Gasteiger partial charge in [0.15, 0.2) is 0 Å². The standard InChI is InChI=1S/C13H16O3Se/c1-2-15-13(14)12-8-11(9-16-12)17-10-6-4-3-5-7-10/h3-7,11-12H,2,8-9H2,1H3/t11-,12+/m1/s1. The fourth-order valence-corrected chi connectivity index (χ4v) is 4.11. The third kappa shape index (κ3) is 3.56. The van der Waals surface area contributed by atoms with Crippen LogP contribution in [-0.4, -0.2) is 40.2 Å². The number of hydrogen-bond acceptors (Lipinski definition) is 3. The Bertz CT molecular complexity index is 366. The number of rotatable bonds is 4. The number of hydrogen-bond donors (Lipinski definition) is 0. The van der Waals surface area contributed by atoms with Crippen molar-refractivity contribution >= 4 is 25.4 Å². The molecule has 2 atom stereocenters. The van der Waals surface area contributed by atoms with Crippen molar-refractivity contribution in [2.24, 2.45) is 0 Å². The van der Waals surface area contributed by atoms with E-state index >= 15 is 0 Å². The Balaban J connectivity index is 1.84. The second-order valence-electron chi connectivity index (χ2n) is 3.86. The maximum absolute atomic E-state index is 11.5. The summed E-state index contributed by atoms with van der Waals surface area (Å²) in [6, 6.07) is 10.4. The third-order valence-electron chi connectivity index (χ3n) is 2.56. The summed E-state index contributed by atoms with van der Waals surface area (Å²) in [5.74, 6) is -0.209. The molecule has 0 aliphatic carbocycles. The van der Waals surface area contributed by atoms with Gasteiger partial charge in [-0.15, -0.1) is 0 Å². The summed E-state index contributed by atoms with van der Waals surface area (Å²) in [5, 5.41) is 0. The van der Waals surface area contributed by atoms with E-state index in [9.17, 15) is 4.79 Å². The molecule has 0 radical (unpaired) electrons. The van der Waals surface area contributed by atoms with Crippen LogP contribution in [0.25, 0.3) is 0 Å². The molecule has 92 valence electrons. The molecule has 0 amide bonds. The average Bonchev–Trinajstić information content (AvgIpc) is 2.79. The number of esters is 1. The van der Waals surface area contributed by atoms with Gasteiger partial charge in [-0.1, -0.05) is 0 Å². The molecule has 0 unspecified atom stereocenters. The van der Waals surface area contributed by atoms with Crippen LogP contribution in [0, 0.1) is 0 Å². The number of ether oxygens (including phenoxy) is 2. The van der Waals surface area contributed by atoms with Gasteiger partial charge in [-0.2, -0.15) is 0 Å². The summed E-state index contributed by atoms with van der Waals surface area (Å²) in [6.45, 7) is 2.92. The van der Waals surface area contributed by atoms with E-state index in [-0.39, 0.29) is 12.1 Å². The van der Waals surface area contributed by atoms with Crippen LogP contribution in [0.3, 0.4) is 0 Å². The monoisotopic (exact) mass is 300 g/mol. The van der Waals surface area contributed by atoms with Crippen LogP contribution in [0.5, 0.6) is 0 Å². The van der Waals surface area contributed by atoms with E-state index in [0.717, 1.165) is 6.42 Å². The van der Waals surface area contributed by atoms with Crippen LogP contribution in [0.2, 0.25) is 4.82 Å². The van der Waals surface area contributed by atoms with Crippen LogP contribution >= 0.6 is 0 Å². The average molecular weight is 299 g/mol. The van der Waals surface area contributed by atoms with Gasteiger partial charge in [0.2, 0.25) is 0 Å². The molecule has 0 saturated carbocycles. The number of carbonyl (C=O) groups is 1. The van der Waals surface area contributed by atoms with E-state index in [1.165, 1.54) is 4.46 Å². The maximum atomic E-state index is 11.5. The molecule has 0 N–H and O–H groups in total. The summed E-state index contributed by atoms with van der Waals surface area (Å²) in [6.07, 6.45) is 0.457. The molecule has 1 heterocycles. The Labute approximate surface area is 108 Å². The molecule has 17 heavy (non-hydrogen) atoms. The molecular weight excluding hydrogens is 283 g/mol. The summed E-state index contributed by atoms with van der Waals surface area (Å²) in [7, 11) is 0. The van der Waals surface area contributed by atoms with Crippen molar-refractivity contribution in [3.63, 3.8) is 0 Å². The summed E-state index contributed by atoms with van der Waals surface area (Å²) in [4.78, 5) is 12.0. The van der Waals surface area contributed by atoms with Gasteiger partial charge in [0.25, 0.3) is 0 Å². The van der Waals surface area contributed by atoms with Gasteiger partial charge in [-0.05, 0) is 0 Å². The fraction of sp³-hybridized carbons (Fsp3) is 0.462. The molecule has 2 rings (SSSR count). The quantitative estimate of drug-likeness (QED) is 0.618. The van der Waals surface area contributed by atoms with Gasteiger partial charge in [0, 0.05) is 0 Å². The van der Waals surface area contributed by atoms with Crippen molar-refractivity contribution in [2.45, 2.75) is 24.3 Å². The van der Waals surface area contributed by atoms with Crippen molar-refractivity contribution < 1.29 is 14.3 Å². The fourth-order valence-electron chi connectivity index (χ4n) is 1.77. The van der Waals surface area contributed by atoms with Gasteiger partial charge >= 0.3 is 107 Å². The first kappa shape index (κ1) is 12.6. The van der Waals surface area contributed by atoms with Gasteiger partial charge in [0.1, 0.15) is 0 Å². The first-order valence-electron chi connectivity index (χ1n) is 5.79. The van der Waals surface area contributed by atoms with Crippen molar-refractivity contribution in [3.8, 4) is 0 Å². The molecule has 3 nitrogen and oxygen atoms in total. The Kier molecular flexibility index (Phi) is 4.60. The molecule has 0 spiro atoms. The van der Waals surface area contributed by atoms with Crippen molar-refractivity contribution in [3.05, 3.63) is 30.3 Å². The zero-order valence-corrected chi connectivity index (χ0v) is 11.5. The summed E-state index contributed by atoms with van der Waals surface area (Å²) < 4.78 is 11.8. The molecule has 0 aromatic heterocycles. The first-order valence-corrected chi connectivity index (χ1v) is 7.64. The second kappa shape index (κ2) is 6.20. The minimum atomic E-state index is -0.342. The van der Waals surface area contributed by atoms with Crippen LogP contribution in [0.1, 0.15) is 13.3 Å². The second-order valence-corrected chi connectivity index (χ2v) is 6.74. The zero-order chi connectivity index (χ0) is 12.1. The van der Waals surface area contributed by atoms with Crippen molar-refractivity contribution in [1.29, 1.82) is 0 Å². The molecule has 0 bridgehead atoms. The van der Waals surface area contributed by atoms with E-state index in [2.05, 4.69) is 24.3 Å². The molecule has 1 saturated heterocycles. The van der Waals surface area contributed by atoms with Gasteiger partial charge in [0.05, 0.1) is 0 Å². The van der Waals surface area contributed by atoms with E-state index in [1.54, 1.807) is 0 Å². The van der Waals surface area contributed by atoms with Gasteiger partial charge < -0.3 is 0 Å². The minimum absolute atomic E-state index is 0.209. The van der Waals surface area contributed by atoms with Crippen molar-refractivity contribution in [2.75, 3.05) is 13.2 Å². The Hall–Kier alpha value is -0.831. The van der Waals surface area contributed by atoms with Gasteiger partial charge in [-0.25, -0.2) is 0 Å². The van der Waals surface area contributed by atoms with Crippen LogP contribution in [0.4, 0.5) is 0 Å². The molecule has 1 aromatic rings. The van der Waals surface area contributed by atoms with E-state index in [4.69, 9.17) is 9.47 Å². The SMILES string of the molecule is CCOC(=O)[C@@H]1C[C@@H]([Se]c2ccccc2)CO1. The van der Waals surface area contributed by atoms with Crippen LogP contribution in [-0.2, 0) is 14.3 Å². The number of carbonyl (C=O) groups excluding carboxylic acids is 1. The third-order valence-corrected chi connectivity index (χ3v) is 5.09. The zero-order valence-electron chi connectivity index (χ0n) is 9.80. The van der Waals surface area contributed by atoms with E-state index in [1.807, 2.05) is 13.0 Å². The Morgan fingerprint density at radius 2 is 2.24 bits per heavy atom. The van der Waals surface area contributed by atoms with E-state index in [0.29, 0.717) is 33.0 Å². The Morgan fingerprint density at radius 1 is 1.47 bits per heavy atom.